The molecule has 0 saturated carbocycles. The number of benzene rings is 1. The summed E-state index contributed by atoms with van der Waals surface area (Å²) in [6.07, 6.45) is 1.23. The van der Waals surface area contributed by atoms with Gasteiger partial charge >= 0.3 is 0 Å². The number of hydrogen-bond donors (Lipinski definition) is 1. The molecule has 0 bridgehead atoms. The Morgan fingerprint density at radius 3 is 2.56 bits per heavy atom. The Balaban J connectivity index is 2.18. The van der Waals surface area contributed by atoms with Crippen molar-refractivity contribution in [2.45, 2.75) is 37.8 Å². The molecule has 1 saturated heterocycles. The van der Waals surface area contributed by atoms with Gasteiger partial charge in [-0.1, -0.05) is 0 Å². The fraction of sp³-hybridized carbons (Fsp3) is 0.500. The van der Waals surface area contributed by atoms with Crippen LogP contribution in [0.25, 0.3) is 0 Å². The molecule has 0 aliphatic carbocycles. The van der Waals surface area contributed by atoms with Gasteiger partial charge in [0.25, 0.3) is 0 Å². The van der Waals surface area contributed by atoms with E-state index in [4.69, 9.17) is 4.74 Å². The predicted octanol–water partition coefficient (Wildman–Crippen LogP) is 3.09. The van der Waals surface area contributed by atoms with Gasteiger partial charge in [0.05, 0.1) is 18.3 Å². The van der Waals surface area contributed by atoms with Gasteiger partial charge in [0.1, 0.15) is 11.4 Å². The van der Waals surface area contributed by atoms with E-state index >= 15 is 0 Å². The zero-order chi connectivity index (χ0) is 13.2. The number of anilines is 1. The monoisotopic (exact) mass is 248 g/mol. The van der Waals surface area contributed by atoms with Crippen LogP contribution in [-0.2, 0) is 4.74 Å². The molecule has 2 rings (SSSR count). The Kier molecular flexibility index (Phi) is 3.27. The molecule has 0 aromatic heterocycles. The SMILES string of the molecule is CC1(C)CC(C#N)(Nc2ccc(F)cc2)CCO1. The maximum absolute atomic E-state index is 12.9. The lowest BCUT2D eigenvalue weighted by atomic mass is 9.82. The predicted molar refractivity (Wildman–Crippen MR) is 67.6 cm³/mol. The molecule has 4 heteroatoms. The summed E-state index contributed by atoms with van der Waals surface area (Å²) in [5, 5.41) is 12.7. The van der Waals surface area contributed by atoms with Gasteiger partial charge in [-0.05, 0) is 38.1 Å². The van der Waals surface area contributed by atoms with Crippen molar-refractivity contribution in [3.63, 3.8) is 0 Å². The summed E-state index contributed by atoms with van der Waals surface area (Å²) in [4.78, 5) is 0. The number of nitrogens with one attached hydrogen (secondary N) is 1. The second-order valence-electron chi connectivity index (χ2n) is 5.36. The summed E-state index contributed by atoms with van der Waals surface area (Å²) in [6.45, 7) is 4.50. The van der Waals surface area contributed by atoms with Gasteiger partial charge in [-0.15, -0.1) is 0 Å². The first-order valence-corrected chi connectivity index (χ1v) is 6.04. The van der Waals surface area contributed by atoms with Crippen LogP contribution in [0.3, 0.4) is 0 Å². The molecule has 0 amide bonds. The van der Waals surface area contributed by atoms with Crippen molar-refractivity contribution in [1.82, 2.24) is 0 Å². The van der Waals surface area contributed by atoms with Gasteiger partial charge in [-0.25, -0.2) is 4.39 Å². The summed E-state index contributed by atoms with van der Waals surface area (Å²) < 4.78 is 18.5. The van der Waals surface area contributed by atoms with Crippen molar-refractivity contribution in [3.05, 3.63) is 30.1 Å². The first kappa shape index (κ1) is 12.8. The highest BCUT2D eigenvalue weighted by molar-refractivity contribution is 5.48. The summed E-state index contributed by atoms with van der Waals surface area (Å²) in [6, 6.07) is 8.42. The topological polar surface area (TPSA) is 45.0 Å². The van der Waals surface area contributed by atoms with Crippen LogP contribution < -0.4 is 5.32 Å². The van der Waals surface area contributed by atoms with E-state index in [0.29, 0.717) is 19.4 Å². The molecule has 1 aliphatic heterocycles. The molecule has 0 radical (unpaired) electrons. The molecule has 1 fully saturated rings. The van der Waals surface area contributed by atoms with E-state index in [1.807, 2.05) is 13.8 Å². The van der Waals surface area contributed by atoms with Crippen molar-refractivity contribution in [1.29, 1.82) is 5.26 Å². The van der Waals surface area contributed by atoms with Crippen LogP contribution in [0, 0.1) is 17.1 Å². The van der Waals surface area contributed by atoms with Crippen molar-refractivity contribution < 1.29 is 9.13 Å². The Labute approximate surface area is 107 Å². The quantitative estimate of drug-likeness (QED) is 0.874. The Morgan fingerprint density at radius 2 is 2.00 bits per heavy atom. The minimum atomic E-state index is -0.639. The summed E-state index contributed by atoms with van der Waals surface area (Å²) in [5.74, 6) is -0.279. The van der Waals surface area contributed by atoms with Crippen LogP contribution in [0.2, 0.25) is 0 Å². The zero-order valence-corrected chi connectivity index (χ0v) is 10.7. The maximum Gasteiger partial charge on any atom is 0.130 e. The fourth-order valence-corrected chi connectivity index (χ4v) is 2.41. The molecule has 18 heavy (non-hydrogen) atoms. The van der Waals surface area contributed by atoms with Crippen molar-refractivity contribution in [3.8, 4) is 6.07 Å². The lowest BCUT2D eigenvalue weighted by molar-refractivity contribution is -0.0659. The van der Waals surface area contributed by atoms with E-state index in [1.54, 1.807) is 12.1 Å². The molecule has 1 heterocycles. The van der Waals surface area contributed by atoms with Crippen LogP contribution in [-0.4, -0.2) is 17.7 Å². The van der Waals surface area contributed by atoms with Crippen molar-refractivity contribution in [2.24, 2.45) is 0 Å². The molecule has 1 atom stereocenters. The third kappa shape index (κ3) is 2.80. The van der Waals surface area contributed by atoms with Gasteiger partial charge in [0.2, 0.25) is 0 Å². The first-order chi connectivity index (χ1) is 8.45. The van der Waals surface area contributed by atoms with E-state index in [0.717, 1.165) is 5.69 Å². The molecular weight excluding hydrogens is 231 g/mol. The molecule has 1 unspecified atom stereocenters. The largest absolute Gasteiger partial charge is 0.375 e. The molecule has 0 spiro atoms. The number of nitriles is 1. The first-order valence-electron chi connectivity index (χ1n) is 6.04. The van der Waals surface area contributed by atoms with Gasteiger partial charge in [0.15, 0.2) is 0 Å². The molecule has 1 aromatic carbocycles. The lowest BCUT2D eigenvalue weighted by Gasteiger charge is -2.41. The molecule has 3 nitrogen and oxygen atoms in total. The van der Waals surface area contributed by atoms with E-state index < -0.39 is 5.54 Å². The third-order valence-electron chi connectivity index (χ3n) is 3.19. The van der Waals surface area contributed by atoms with E-state index in [2.05, 4.69) is 11.4 Å². The Morgan fingerprint density at radius 1 is 1.33 bits per heavy atom. The van der Waals surface area contributed by atoms with Crippen LogP contribution in [0.5, 0.6) is 0 Å². The average Bonchev–Trinajstić information content (AvgIpc) is 2.31. The minimum Gasteiger partial charge on any atom is -0.375 e. The maximum atomic E-state index is 12.9. The molecule has 96 valence electrons. The van der Waals surface area contributed by atoms with Crippen molar-refractivity contribution >= 4 is 5.69 Å². The third-order valence-corrected chi connectivity index (χ3v) is 3.19. The van der Waals surface area contributed by atoms with E-state index in [-0.39, 0.29) is 11.4 Å². The highest BCUT2D eigenvalue weighted by Crippen LogP contribution is 2.34. The normalized spacial score (nSPS) is 26.3. The van der Waals surface area contributed by atoms with E-state index in [9.17, 15) is 9.65 Å². The highest BCUT2D eigenvalue weighted by atomic mass is 19.1. The number of ether oxygens (including phenoxy) is 1. The highest BCUT2D eigenvalue weighted by Gasteiger charge is 2.41. The van der Waals surface area contributed by atoms with Crippen LogP contribution >= 0.6 is 0 Å². The van der Waals surface area contributed by atoms with Crippen LogP contribution in [0.4, 0.5) is 10.1 Å². The minimum absolute atomic E-state index is 0.279. The number of hydrogen-bond acceptors (Lipinski definition) is 3. The van der Waals surface area contributed by atoms with Crippen molar-refractivity contribution in [2.75, 3.05) is 11.9 Å². The number of rotatable bonds is 2. The number of halogens is 1. The average molecular weight is 248 g/mol. The van der Waals surface area contributed by atoms with Gasteiger partial charge in [-0.3, -0.25) is 0 Å². The van der Waals surface area contributed by atoms with Crippen LogP contribution in [0.15, 0.2) is 24.3 Å². The Bertz CT molecular complexity index is 464. The zero-order valence-electron chi connectivity index (χ0n) is 10.7. The summed E-state index contributed by atoms with van der Waals surface area (Å²) in [7, 11) is 0. The molecule has 1 N–H and O–H groups in total. The molecular formula is C14H17FN2O. The lowest BCUT2D eigenvalue weighted by Crippen LogP contribution is -2.49. The van der Waals surface area contributed by atoms with E-state index in [1.165, 1.54) is 12.1 Å². The Hall–Kier alpha value is -1.60. The van der Waals surface area contributed by atoms with Crippen LogP contribution in [0.1, 0.15) is 26.7 Å². The van der Waals surface area contributed by atoms with Gasteiger partial charge in [0, 0.05) is 18.5 Å². The molecule has 1 aromatic rings. The number of nitrogens with zero attached hydrogens (tertiary/aromatic N) is 1. The smallest absolute Gasteiger partial charge is 0.130 e. The summed E-state index contributed by atoms with van der Waals surface area (Å²) >= 11 is 0. The fourth-order valence-electron chi connectivity index (χ4n) is 2.41. The second-order valence-corrected chi connectivity index (χ2v) is 5.36. The van der Waals surface area contributed by atoms with Gasteiger partial charge < -0.3 is 10.1 Å². The summed E-state index contributed by atoms with van der Waals surface area (Å²) in [5.41, 5.74) is -0.198. The second kappa shape index (κ2) is 4.58. The van der Waals surface area contributed by atoms with Gasteiger partial charge in [-0.2, -0.15) is 5.26 Å². The molecule has 1 aliphatic rings. The standard InChI is InChI=1S/C14H17FN2O/c1-13(2)9-14(10-16,7-8-18-13)17-12-5-3-11(15)4-6-12/h3-6,17H,7-9H2,1-2H3.